The summed E-state index contributed by atoms with van der Waals surface area (Å²) in [6.45, 7) is 7.29. The number of aromatic nitrogens is 1. The Morgan fingerprint density at radius 3 is 2.38 bits per heavy atom. The van der Waals surface area contributed by atoms with Gasteiger partial charge in [-0.2, -0.15) is 13.2 Å². The molecule has 4 rings (SSSR count). The standard InChI is InChI=1S/C26H34F3N3O3S2/c1-4-37(34,35)20-11-7-17(8-12-20)13-22(33)30-25-31-23-21(36-25)15-32(24(23)16(2)3)14-18-5-9-19(10-6-18)26(27,28)29/h7-8,11-12,16,18-19,24H,4-6,9-10,13-15H2,1-3H3,(H,30,31,33)/t18?,19?,24-/m0/s1. The molecule has 1 aromatic carbocycles. The number of thiazole rings is 1. The summed E-state index contributed by atoms with van der Waals surface area (Å²) in [7, 11) is -3.28. The number of hydrogen-bond acceptors (Lipinski definition) is 6. The van der Waals surface area contributed by atoms with Crippen LogP contribution >= 0.6 is 11.3 Å². The molecule has 11 heteroatoms. The van der Waals surface area contributed by atoms with Crippen LogP contribution in [0.5, 0.6) is 0 Å². The number of rotatable bonds is 8. The van der Waals surface area contributed by atoms with Crippen molar-refractivity contribution >= 4 is 32.2 Å². The summed E-state index contributed by atoms with van der Waals surface area (Å²) < 4.78 is 63.0. The largest absolute Gasteiger partial charge is 0.391 e. The maximum atomic E-state index is 13.0. The minimum Gasteiger partial charge on any atom is -0.302 e. The smallest absolute Gasteiger partial charge is 0.302 e. The molecular weight excluding hydrogens is 523 g/mol. The lowest BCUT2D eigenvalue weighted by atomic mass is 9.81. The number of nitrogens with zero attached hydrogens (tertiary/aromatic N) is 2. The van der Waals surface area contributed by atoms with Gasteiger partial charge in [0.15, 0.2) is 15.0 Å². The molecule has 1 amide bonds. The Bertz CT molecular complexity index is 1200. The molecule has 0 unspecified atom stereocenters. The average Bonchev–Trinajstić information content (AvgIpc) is 3.35. The molecule has 1 aliphatic carbocycles. The molecule has 0 spiro atoms. The molecule has 2 aromatic rings. The van der Waals surface area contributed by atoms with Crippen LogP contribution < -0.4 is 5.32 Å². The zero-order valence-electron chi connectivity index (χ0n) is 21.3. The van der Waals surface area contributed by atoms with E-state index in [9.17, 15) is 26.4 Å². The first-order chi connectivity index (χ1) is 17.4. The number of hydrogen-bond donors (Lipinski definition) is 1. The maximum Gasteiger partial charge on any atom is 0.391 e. The molecule has 1 aliphatic heterocycles. The molecule has 0 saturated heterocycles. The summed E-state index contributed by atoms with van der Waals surface area (Å²) >= 11 is 1.45. The third kappa shape index (κ3) is 6.54. The Morgan fingerprint density at radius 1 is 1.16 bits per heavy atom. The van der Waals surface area contributed by atoms with Gasteiger partial charge in [0, 0.05) is 18.0 Å². The number of fused-ring (bicyclic) bond motifs is 1. The van der Waals surface area contributed by atoms with E-state index >= 15 is 0 Å². The number of benzene rings is 1. The Kier molecular flexibility index (Phi) is 8.35. The molecule has 1 saturated carbocycles. The van der Waals surface area contributed by atoms with Crippen LogP contribution in [0.25, 0.3) is 0 Å². The zero-order valence-corrected chi connectivity index (χ0v) is 23.0. The Balaban J connectivity index is 1.35. The van der Waals surface area contributed by atoms with Gasteiger partial charge < -0.3 is 5.32 Å². The molecular formula is C26H34F3N3O3S2. The van der Waals surface area contributed by atoms with Crippen molar-refractivity contribution in [1.29, 1.82) is 0 Å². The van der Waals surface area contributed by atoms with Crippen LogP contribution in [0.3, 0.4) is 0 Å². The molecule has 2 aliphatic rings. The molecule has 0 bridgehead atoms. The predicted octanol–water partition coefficient (Wildman–Crippen LogP) is 6.00. The van der Waals surface area contributed by atoms with E-state index in [0.717, 1.165) is 17.1 Å². The van der Waals surface area contributed by atoms with Gasteiger partial charge in [-0.05, 0) is 55.2 Å². The third-order valence-corrected chi connectivity index (χ3v) is 10.2. The number of sulfone groups is 1. The summed E-state index contributed by atoms with van der Waals surface area (Å²) in [6.07, 6.45) is -2.37. The van der Waals surface area contributed by atoms with E-state index in [2.05, 4.69) is 24.1 Å². The van der Waals surface area contributed by atoms with Crippen molar-refractivity contribution in [2.45, 2.75) is 76.5 Å². The minimum atomic E-state index is -4.09. The van der Waals surface area contributed by atoms with Gasteiger partial charge in [0.05, 0.1) is 34.7 Å². The number of halogens is 3. The summed E-state index contributed by atoms with van der Waals surface area (Å²) in [5, 5.41) is 3.41. The Hall–Kier alpha value is -1.98. The van der Waals surface area contributed by atoms with Crippen molar-refractivity contribution in [3.05, 3.63) is 40.4 Å². The van der Waals surface area contributed by atoms with Crippen molar-refractivity contribution in [2.75, 3.05) is 17.6 Å². The fraction of sp³-hybridized carbons (Fsp3) is 0.615. The van der Waals surface area contributed by atoms with E-state index in [1.807, 2.05) is 0 Å². The molecule has 1 N–H and O–H groups in total. The number of carbonyl (C=O) groups is 1. The topological polar surface area (TPSA) is 79.4 Å². The van der Waals surface area contributed by atoms with Gasteiger partial charge in [0.1, 0.15) is 0 Å². The second kappa shape index (κ2) is 11.0. The van der Waals surface area contributed by atoms with Crippen LogP contribution in [0.4, 0.5) is 18.3 Å². The number of carbonyl (C=O) groups excluding carboxylic acids is 1. The lowest BCUT2D eigenvalue weighted by Crippen LogP contribution is -2.35. The van der Waals surface area contributed by atoms with Crippen molar-refractivity contribution in [3.63, 3.8) is 0 Å². The van der Waals surface area contributed by atoms with Crippen molar-refractivity contribution in [1.82, 2.24) is 9.88 Å². The molecule has 37 heavy (non-hydrogen) atoms. The highest BCUT2D eigenvalue weighted by atomic mass is 32.2. The highest BCUT2D eigenvalue weighted by Crippen LogP contribution is 2.45. The molecule has 6 nitrogen and oxygen atoms in total. The summed E-state index contributed by atoms with van der Waals surface area (Å²) in [5.74, 6) is -0.837. The molecule has 1 fully saturated rings. The summed E-state index contributed by atoms with van der Waals surface area (Å²) in [5.41, 5.74) is 1.66. The second-order valence-electron chi connectivity index (χ2n) is 10.5. The Morgan fingerprint density at radius 2 is 1.81 bits per heavy atom. The first kappa shape index (κ1) is 28.0. The molecule has 204 valence electrons. The highest BCUT2D eigenvalue weighted by Gasteiger charge is 2.43. The van der Waals surface area contributed by atoms with E-state index in [1.54, 1.807) is 19.1 Å². The average molecular weight is 558 g/mol. The summed E-state index contributed by atoms with van der Waals surface area (Å²) in [4.78, 5) is 21.0. The third-order valence-electron chi connectivity index (χ3n) is 7.46. The van der Waals surface area contributed by atoms with E-state index in [4.69, 9.17) is 4.98 Å². The van der Waals surface area contributed by atoms with Gasteiger partial charge in [-0.15, -0.1) is 11.3 Å². The second-order valence-corrected chi connectivity index (χ2v) is 13.8. The number of nitrogens with one attached hydrogen (secondary N) is 1. The van der Waals surface area contributed by atoms with Gasteiger partial charge in [-0.25, -0.2) is 13.4 Å². The fourth-order valence-corrected chi connectivity index (χ4v) is 7.39. The number of anilines is 1. The lowest BCUT2D eigenvalue weighted by molar-refractivity contribution is -0.184. The van der Waals surface area contributed by atoms with Crippen LogP contribution in [0, 0.1) is 17.8 Å². The highest BCUT2D eigenvalue weighted by molar-refractivity contribution is 7.91. The fourth-order valence-electron chi connectivity index (χ4n) is 5.47. The minimum absolute atomic E-state index is 0.0233. The van der Waals surface area contributed by atoms with E-state index < -0.39 is 21.9 Å². The molecule has 1 aromatic heterocycles. The van der Waals surface area contributed by atoms with Gasteiger partial charge in [-0.1, -0.05) is 32.9 Å². The van der Waals surface area contributed by atoms with Gasteiger partial charge in [-0.3, -0.25) is 9.69 Å². The van der Waals surface area contributed by atoms with Gasteiger partial charge in [0.25, 0.3) is 0 Å². The maximum absolute atomic E-state index is 13.0. The summed E-state index contributed by atoms with van der Waals surface area (Å²) in [6, 6.07) is 6.43. The van der Waals surface area contributed by atoms with E-state index in [-0.39, 0.29) is 53.7 Å². The van der Waals surface area contributed by atoms with Crippen molar-refractivity contribution in [3.8, 4) is 0 Å². The van der Waals surface area contributed by atoms with Crippen LogP contribution in [0.15, 0.2) is 29.2 Å². The number of amides is 1. The van der Waals surface area contributed by atoms with E-state index in [0.29, 0.717) is 30.1 Å². The van der Waals surface area contributed by atoms with Gasteiger partial charge in [0.2, 0.25) is 5.91 Å². The van der Waals surface area contributed by atoms with Crippen LogP contribution in [-0.4, -0.2) is 42.7 Å². The van der Waals surface area contributed by atoms with Crippen LogP contribution in [-0.2, 0) is 27.6 Å². The number of alkyl halides is 3. The van der Waals surface area contributed by atoms with E-state index in [1.165, 1.54) is 23.5 Å². The zero-order chi connectivity index (χ0) is 27.0. The Labute approximate surface area is 220 Å². The molecule has 0 radical (unpaired) electrons. The van der Waals surface area contributed by atoms with Crippen LogP contribution in [0.1, 0.15) is 68.6 Å². The quantitative estimate of drug-likeness (QED) is 0.431. The first-order valence-corrected chi connectivity index (χ1v) is 15.3. The first-order valence-electron chi connectivity index (χ1n) is 12.8. The lowest BCUT2D eigenvalue weighted by Gasteiger charge is -2.35. The van der Waals surface area contributed by atoms with Gasteiger partial charge >= 0.3 is 6.18 Å². The molecule has 1 atom stereocenters. The molecule has 2 heterocycles. The van der Waals surface area contributed by atoms with Crippen molar-refractivity contribution in [2.24, 2.45) is 17.8 Å². The monoisotopic (exact) mass is 557 g/mol. The normalized spacial score (nSPS) is 22.8. The predicted molar refractivity (Wildman–Crippen MR) is 138 cm³/mol. The SMILES string of the molecule is CCS(=O)(=O)c1ccc(CC(=O)Nc2nc3c(s2)CN(CC2CCC(C(F)(F)F)CC2)[C@H]3C(C)C)cc1. The van der Waals surface area contributed by atoms with Crippen molar-refractivity contribution < 1.29 is 26.4 Å². The van der Waals surface area contributed by atoms with Crippen LogP contribution in [0.2, 0.25) is 0 Å².